The van der Waals surface area contributed by atoms with E-state index in [0.29, 0.717) is 5.25 Å². The zero-order valence-electron chi connectivity index (χ0n) is 9.78. The second-order valence-electron chi connectivity index (χ2n) is 4.92. The maximum Gasteiger partial charge on any atom is 0.125 e. The number of nitrogens with two attached hydrogens (primary N) is 1. The van der Waals surface area contributed by atoms with E-state index in [9.17, 15) is 0 Å². The molecule has 3 rings (SSSR count). The Morgan fingerprint density at radius 1 is 1.53 bits per heavy atom. The van der Waals surface area contributed by atoms with E-state index in [1.54, 1.807) is 0 Å². The Bertz CT molecular complexity index is 453. The zero-order valence-corrected chi connectivity index (χ0v) is 11.4. The van der Waals surface area contributed by atoms with Crippen LogP contribution in [0.1, 0.15) is 31.4 Å². The van der Waals surface area contributed by atoms with Crippen LogP contribution >= 0.6 is 23.4 Å². The van der Waals surface area contributed by atoms with Crippen molar-refractivity contribution in [2.45, 2.75) is 36.7 Å². The normalized spacial score (nSPS) is 35.7. The third-order valence-corrected chi connectivity index (χ3v) is 5.49. The van der Waals surface area contributed by atoms with Crippen LogP contribution in [0, 0.1) is 0 Å². The van der Waals surface area contributed by atoms with Crippen LogP contribution < -0.4 is 10.5 Å². The molecule has 1 aromatic rings. The Morgan fingerprint density at radius 2 is 2.35 bits per heavy atom. The molecule has 2 nitrogen and oxygen atoms in total. The third kappa shape index (κ3) is 1.85. The summed E-state index contributed by atoms with van der Waals surface area (Å²) in [6.45, 7) is 2.24. The summed E-state index contributed by atoms with van der Waals surface area (Å²) in [5.74, 6) is 2.08. The number of fused-ring (bicyclic) bond motifs is 1. The topological polar surface area (TPSA) is 35.2 Å². The summed E-state index contributed by atoms with van der Waals surface area (Å²) < 4.78 is 6.26. The molecule has 1 spiro atoms. The monoisotopic (exact) mass is 269 g/mol. The van der Waals surface area contributed by atoms with Crippen molar-refractivity contribution in [3.63, 3.8) is 0 Å². The highest BCUT2D eigenvalue weighted by atomic mass is 35.5. The highest BCUT2D eigenvalue weighted by Gasteiger charge is 2.47. The lowest BCUT2D eigenvalue weighted by atomic mass is 9.84. The van der Waals surface area contributed by atoms with Gasteiger partial charge in [-0.2, -0.15) is 11.8 Å². The number of hydrogen-bond acceptors (Lipinski definition) is 3. The molecule has 1 saturated heterocycles. The molecule has 2 unspecified atom stereocenters. The molecule has 0 aliphatic carbocycles. The molecule has 1 fully saturated rings. The standard InChI is InChI=1S/C13H16ClNOS/c1-8-13(4-5-17-8)7-11(15)10-6-9(14)2-3-12(10)16-13/h2-3,6,8,11H,4-5,7,15H2,1H3/t8?,11-,13?/m1/s1. The molecule has 3 atom stereocenters. The molecule has 0 bridgehead atoms. The van der Waals surface area contributed by atoms with Crippen LogP contribution in [-0.4, -0.2) is 16.6 Å². The van der Waals surface area contributed by atoms with Crippen LogP contribution in [-0.2, 0) is 0 Å². The Kier molecular flexibility index (Phi) is 2.80. The minimum Gasteiger partial charge on any atom is -0.486 e. The van der Waals surface area contributed by atoms with Crippen molar-refractivity contribution >= 4 is 23.4 Å². The Morgan fingerprint density at radius 3 is 3.06 bits per heavy atom. The molecule has 0 saturated carbocycles. The third-order valence-electron chi connectivity index (χ3n) is 3.88. The lowest BCUT2D eigenvalue weighted by Crippen LogP contribution is -2.47. The van der Waals surface area contributed by atoms with E-state index in [1.165, 1.54) is 0 Å². The van der Waals surface area contributed by atoms with Crippen molar-refractivity contribution in [2.75, 3.05) is 5.75 Å². The van der Waals surface area contributed by atoms with Gasteiger partial charge in [0.2, 0.25) is 0 Å². The lowest BCUT2D eigenvalue weighted by molar-refractivity contribution is 0.0411. The van der Waals surface area contributed by atoms with E-state index in [1.807, 2.05) is 30.0 Å². The fourth-order valence-corrected chi connectivity index (χ4v) is 4.37. The smallest absolute Gasteiger partial charge is 0.125 e. The van der Waals surface area contributed by atoms with Gasteiger partial charge in [0.15, 0.2) is 0 Å². The van der Waals surface area contributed by atoms with E-state index >= 15 is 0 Å². The first-order valence-electron chi connectivity index (χ1n) is 5.96. The fourth-order valence-electron chi connectivity index (χ4n) is 2.81. The first kappa shape index (κ1) is 11.7. The first-order chi connectivity index (χ1) is 8.11. The van der Waals surface area contributed by atoms with Gasteiger partial charge >= 0.3 is 0 Å². The van der Waals surface area contributed by atoms with E-state index in [4.69, 9.17) is 22.1 Å². The molecule has 0 amide bonds. The van der Waals surface area contributed by atoms with Crippen molar-refractivity contribution < 1.29 is 4.74 Å². The van der Waals surface area contributed by atoms with Crippen molar-refractivity contribution in [1.82, 2.24) is 0 Å². The van der Waals surface area contributed by atoms with E-state index < -0.39 is 0 Å². The maximum atomic E-state index is 6.28. The summed E-state index contributed by atoms with van der Waals surface area (Å²) in [5.41, 5.74) is 7.27. The van der Waals surface area contributed by atoms with Gasteiger partial charge in [-0.05, 0) is 37.3 Å². The molecule has 2 aliphatic rings. The van der Waals surface area contributed by atoms with Gasteiger partial charge in [0, 0.05) is 28.3 Å². The van der Waals surface area contributed by atoms with Gasteiger partial charge in [0.1, 0.15) is 11.4 Å². The zero-order chi connectivity index (χ0) is 12.0. The molecule has 17 heavy (non-hydrogen) atoms. The minimum absolute atomic E-state index is 0.0404. The van der Waals surface area contributed by atoms with Crippen LogP contribution in [0.2, 0.25) is 5.02 Å². The van der Waals surface area contributed by atoms with Crippen LogP contribution in [0.15, 0.2) is 18.2 Å². The summed E-state index contributed by atoms with van der Waals surface area (Å²) in [7, 11) is 0. The van der Waals surface area contributed by atoms with Crippen LogP contribution in [0.25, 0.3) is 0 Å². The Labute approximate surface area is 111 Å². The van der Waals surface area contributed by atoms with E-state index in [2.05, 4.69) is 6.92 Å². The Hall–Kier alpha value is -0.380. The largest absolute Gasteiger partial charge is 0.486 e. The fraction of sp³-hybridized carbons (Fsp3) is 0.538. The Balaban J connectivity index is 2.01. The summed E-state index contributed by atoms with van der Waals surface area (Å²) in [4.78, 5) is 0. The summed E-state index contributed by atoms with van der Waals surface area (Å²) in [5, 5.41) is 1.24. The average Bonchev–Trinajstić information content (AvgIpc) is 2.62. The van der Waals surface area contributed by atoms with Gasteiger partial charge in [-0.3, -0.25) is 0 Å². The van der Waals surface area contributed by atoms with Crippen LogP contribution in [0.3, 0.4) is 0 Å². The number of hydrogen-bond donors (Lipinski definition) is 1. The van der Waals surface area contributed by atoms with Crippen molar-refractivity contribution in [1.29, 1.82) is 0 Å². The second kappa shape index (κ2) is 4.08. The second-order valence-corrected chi connectivity index (χ2v) is 6.81. The van der Waals surface area contributed by atoms with Crippen molar-refractivity contribution in [3.8, 4) is 5.75 Å². The van der Waals surface area contributed by atoms with E-state index in [0.717, 1.165) is 34.9 Å². The molecule has 0 aromatic heterocycles. The molecule has 2 heterocycles. The predicted octanol–water partition coefficient (Wildman–Crippen LogP) is 3.39. The number of thioether (sulfide) groups is 1. The average molecular weight is 270 g/mol. The molecule has 92 valence electrons. The molecular weight excluding hydrogens is 254 g/mol. The summed E-state index contributed by atoms with van der Waals surface area (Å²) >= 11 is 7.98. The number of ether oxygens (including phenoxy) is 1. The molecule has 4 heteroatoms. The quantitative estimate of drug-likeness (QED) is 0.784. The van der Waals surface area contributed by atoms with Gasteiger partial charge in [-0.1, -0.05) is 11.6 Å². The van der Waals surface area contributed by atoms with Crippen molar-refractivity contribution in [2.24, 2.45) is 5.73 Å². The lowest BCUT2D eigenvalue weighted by Gasteiger charge is -2.41. The SMILES string of the molecule is CC1SCCC12C[C@@H](N)c1cc(Cl)ccc1O2. The van der Waals surface area contributed by atoms with Gasteiger partial charge < -0.3 is 10.5 Å². The van der Waals surface area contributed by atoms with Crippen LogP contribution in [0.4, 0.5) is 0 Å². The van der Waals surface area contributed by atoms with Gasteiger partial charge in [-0.15, -0.1) is 0 Å². The highest BCUT2D eigenvalue weighted by molar-refractivity contribution is 8.00. The summed E-state index contributed by atoms with van der Waals surface area (Å²) in [6.07, 6.45) is 1.99. The summed E-state index contributed by atoms with van der Waals surface area (Å²) in [6, 6.07) is 5.80. The van der Waals surface area contributed by atoms with Crippen LogP contribution in [0.5, 0.6) is 5.75 Å². The molecule has 2 N–H and O–H groups in total. The number of halogens is 1. The van der Waals surface area contributed by atoms with Gasteiger partial charge in [0.25, 0.3) is 0 Å². The van der Waals surface area contributed by atoms with Crippen molar-refractivity contribution in [3.05, 3.63) is 28.8 Å². The highest BCUT2D eigenvalue weighted by Crippen LogP contribution is 2.49. The maximum absolute atomic E-state index is 6.28. The molecule has 2 aliphatic heterocycles. The van der Waals surface area contributed by atoms with E-state index in [-0.39, 0.29) is 11.6 Å². The number of rotatable bonds is 0. The van der Waals surface area contributed by atoms with Gasteiger partial charge in [-0.25, -0.2) is 0 Å². The molecular formula is C13H16ClNOS. The predicted molar refractivity (Wildman–Crippen MR) is 72.9 cm³/mol. The molecule has 1 aromatic carbocycles. The molecule has 0 radical (unpaired) electrons. The van der Waals surface area contributed by atoms with Gasteiger partial charge in [0.05, 0.1) is 0 Å². The minimum atomic E-state index is -0.0646. The number of benzene rings is 1. The first-order valence-corrected chi connectivity index (χ1v) is 7.39.